The zero-order valence-corrected chi connectivity index (χ0v) is 6.55. The summed E-state index contributed by atoms with van der Waals surface area (Å²) in [5.41, 5.74) is 0. The molecule has 2 rings (SSSR count). The fourth-order valence-corrected chi connectivity index (χ4v) is 2.29. The van der Waals surface area contributed by atoms with Crippen molar-refractivity contribution >= 4 is 0 Å². The van der Waals surface area contributed by atoms with Gasteiger partial charge < -0.3 is 4.74 Å². The number of hydrogen-bond acceptors (Lipinski definition) is 2. The molecule has 0 N–H and O–H groups in total. The molecule has 2 bridgehead atoms. The van der Waals surface area contributed by atoms with Gasteiger partial charge in [0.1, 0.15) is 0 Å². The van der Waals surface area contributed by atoms with Gasteiger partial charge in [-0.15, -0.1) is 0 Å². The molecule has 0 aliphatic carbocycles. The molecular weight excluding hydrogens is 126 g/mol. The Labute approximate surface area is 62.2 Å². The normalized spacial score (nSPS) is 44.7. The lowest BCUT2D eigenvalue weighted by molar-refractivity contribution is 0.113. The predicted molar refractivity (Wildman–Crippen MR) is 40.0 cm³/mol. The maximum atomic E-state index is 5.14. The van der Waals surface area contributed by atoms with Crippen LogP contribution in [-0.2, 0) is 4.74 Å². The van der Waals surface area contributed by atoms with Crippen molar-refractivity contribution in [1.82, 2.24) is 4.90 Å². The highest BCUT2D eigenvalue weighted by Crippen LogP contribution is 2.32. The van der Waals surface area contributed by atoms with Crippen LogP contribution in [0.25, 0.3) is 0 Å². The summed E-state index contributed by atoms with van der Waals surface area (Å²) in [4.78, 5) is 2.56. The molecule has 3 atom stereocenters. The molecule has 0 amide bonds. The van der Waals surface area contributed by atoms with Crippen LogP contribution in [0.15, 0.2) is 0 Å². The molecule has 0 spiro atoms. The largest absolute Gasteiger partial charge is 0.383 e. The van der Waals surface area contributed by atoms with Crippen molar-refractivity contribution in [2.45, 2.75) is 18.9 Å². The second-order valence-electron chi connectivity index (χ2n) is 3.49. The average molecular weight is 141 g/mol. The standard InChI is InChI=1S/C8H15NO/c1-10-6-8-4-7-2-3-9(8)5-7/h7-8H,2-6H2,1H3/t7?,8-/m0/s1. The van der Waals surface area contributed by atoms with Gasteiger partial charge in [0.15, 0.2) is 0 Å². The van der Waals surface area contributed by atoms with E-state index >= 15 is 0 Å². The first-order chi connectivity index (χ1) is 4.90. The minimum atomic E-state index is 0.753. The molecular formula is C8H15NO. The van der Waals surface area contributed by atoms with Crippen LogP contribution < -0.4 is 0 Å². The summed E-state index contributed by atoms with van der Waals surface area (Å²) in [6.45, 7) is 3.60. The van der Waals surface area contributed by atoms with E-state index in [1.165, 1.54) is 25.9 Å². The summed E-state index contributed by atoms with van der Waals surface area (Å²) < 4.78 is 5.14. The molecule has 0 radical (unpaired) electrons. The van der Waals surface area contributed by atoms with E-state index in [9.17, 15) is 0 Å². The van der Waals surface area contributed by atoms with E-state index in [2.05, 4.69) is 4.90 Å². The molecule has 0 aromatic carbocycles. The van der Waals surface area contributed by atoms with Gasteiger partial charge in [-0.2, -0.15) is 0 Å². The highest BCUT2D eigenvalue weighted by atomic mass is 16.5. The van der Waals surface area contributed by atoms with Crippen molar-refractivity contribution in [3.05, 3.63) is 0 Å². The first kappa shape index (κ1) is 6.62. The lowest BCUT2D eigenvalue weighted by Crippen LogP contribution is -2.32. The lowest BCUT2D eigenvalue weighted by Gasteiger charge is -2.23. The smallest absolute Gasteiger partial charge is 0.0618 e. The number of hydrogen-bond donors (Lipinski definition) is 0. The van der Waals surface area contributed by atoms with Crippen LogP contribution in [0.4, 0.5) is 0 Å². The van der Waals surface area contributed by atoms with E-state index in [4.69, 9.17) is 4.74 Å². The lowest BCUT2D eigenvalue weighted by atomic mass is 10.0. The van der Waals surface area contributed by atoms with Crippen molar-refractivity contribution in [2.24, 2.45) is 5.92 Å². The summed E-state index contributed by atoms with van der Waals surface area (Å²) in [5, 5.41) is 0. The highest BCUT2D eigenvalue weighted by Gasteiger charge is 2.36. The van der Waals surface area contributed by atoms with E-state index < -0.39 is 0 Å². The molecule has 2 aliphatic rings. The van der Waals surface area contributed by atoms with Gasteiger partial charge in [-0.05, 0) is 25.3 Å². The molecule has 2 heterocycles. The van der Waals surface area contributed by atoms with Gasteiger partial charge in [0, 0.05) is 19.7 Å². The summed E-state index contributed by atoms with van der Waals surface area (Å²) in [6.07, 6.45) is 2.81. The van der Waals surface area contributed by atoms with Gasteiger partial charge in [-0.3, -0.25) is 4.90 Å². The summed E-state index contributed by atoms with van der Waals surface area (Å²) in [5.74, 6) is 1.00. The second kappa shape index (κ2) is 2.51. The van der Waals surface area contributed by atoms with Crippen molar-refractivity contribution in [3.8, 4) is 0 Å². The third-order valence-corrected chi connectivity index (χ3v) is 2.80. The number of methoxy groups -OCH3 is 1. The van der Waals surface area contributed by atoms with Crippen molar-refractivity contribution in [2.75, 3.05) is 26.8 Å². The van der Waals surface area contributed by atoms with Crippen LogP contribution in [-0.4, -0.2) is 37.7 Å². The Balaban J connectivity index is 1.90. The molecule has 2 nitrogen and oxygen atoms in total. The first-order valence-electron chi connectivity index (χ1n) is 4.13. The summed E-state index contributed by atoms with van der Waals surface area (Å²) in [7, 11) is 1.80. The number of rotatable bonds is 2. The van der Waals surface area contributed by atoms with Crippen LogP contribution in [0, 0.1) is 5.92 Å². The second-order valence-corrected chi connectivity index (χ2v) is 3.49. The molecule has 2 fully saturated rings. The van der Waals surface area contributed by atoms with Crippen LogP contribution in [0.2, 0.25) is 0 Å². The molecule has 0 saturated carbocycles. The molecule has 0 aromatic rings. The number of nitrogens with zero attached hydrogens (tertiary/aromatic N) is 1. The maximum Gasteiger partial charge on any atom is 0.0618 e. The van der Waals surface area contributed by atoms with Crippen molar-refractivity contribution in [1.29, 1.82) is 0 Å². The monoisotopic (exact) mass is 141 g/mol. The van der Waals surface area contributed by atoms with Crippen LogP contribution in [0.5, 0.6) is 0 Å². The molecule has 10 heavy (non-hydrogen) atoms. The fraction of sp³-hybridized carbons (Fsp3) is 1.00. The van der Waals surface area contributed by atoms with Gasteiger partial charge in [-0.25, -0.2) is 0 Å². The minimum absolute atomic E-state index is 0.753. The van der Waals surface area contributed by atoms with E-state index in [0.29, 0.717) is 0 Å². The van der Waals surface area contributed by atoms with Crippen molar-refractivity contribution < 1.29 is 4.74 Å². The highest BCUT2D eigenvalue weighted by molar-refractivity contribution is 4.91. The van der Waals surface area contributed by atoms with Gasteiger partial charge in [-0.1, -0.05) is 0 Å². The third kappa shape index (κ3) is 0.956. The Morgan fingerprint density at radius 1 is 1.60 bits per heavy atom. The van der Waals surface area contributed by atoms with Crippen LogP contribution in [0.3, 0.4) is 0 Å². The predicted octanol–water partition coefficient (Wildman–Crippen LogP) is 0.727. The quantitative estimate of drug-likeness (QED) is 0.562. The average Bonchev–Trinajstić information content (AvgIpc) is 2.48. The molecule has 2 saturated heterocycles. The van der Waals surface area contributed by atoms with Crippen molar-refractivity contribution in [3.63, 3.8) is 0 Å². The van der Waals surface area contributed by atoms with Crippen LogP contribution in [0.1, 0.15) is 12.8 Å². The third-order valence-electron chi connectivity index (χ3n) is 2.80. The van der Waals surface area contributed by atoms with Gasteiger partial charge >= 0.3 is 0 Å². The molecule has 0 aromatic heterocycles. The Bertz CT molecular complexity index is 126. The fourth-order valence-electron chi connectivity index (χ4n) is 2.29. The van der Waals surface area contributed by atoms with E-state index in [-0.39, 0.29) is 0 Å². The molecule has 2 heteroatoms. The first-order valence-corrected chi connectivity index (χ1v) is 4.13. The number of fused-ring (bicyclic) bond motifs is 2. The number of piperidine rings is 1. The zero-order chi connectivity index (χ0) is 6.97. The molecule has 2 aliphatic heterocycles. The van der Waals surface area contributed by atoms with E-state index in [0.717, 1.165) is 18.6 Å². The Morgan fingerprint density at radius 3 is 3.00 bits per heavy atom. The Kier molecular flexibility index (Phi) is 1.66. The summed E-state index contributed by atoms with van der Waals surface area (Å²) >= 11 is 0. The molecule has 2 unspecified atom stereocenters. The topological polar surface area (TPSA) is 12.5 Å². The summed E-state index contributed by atoms with van der Waals surface area (Å²) in [6, 6.07) is 0.753. The maximum absolute atomic E-state index is 5.14. The number of ether oxygens (including phenoxy) is 1. The van der Waals surface area contributed by atoms with E-state index in [1.54, 1.807) is 7.11 Å². The SMILES string of the molecule is COC[C@@H]1CC2CCN1C2. The van der Waals surface area contributed by atoms with Crippen LogP contribution >= 0.6 is 0 Å². The zero-order valence-electron chi connectivity index (χ0n) is 6.55. The van der Waals surface area contributed by atoms with Gasteiger partial charge in [0.2, 0.25) is 0 Å². The van der Waals surface area contributed by atoms with Gasteiger partial charge in [0.05, 0.1) is 6.61 Å². The Hall–Kier alpha value is -0.0800. The minimum Gasteiger partial charge on any atom is -0.383 e. The Morgan fingerprint density at radius 2 is 2.50 bits per heavy atom. The van der Waals surface area contributed by atoms with E-state index in [1.807, 2.05) is 0 Å². The van der Waals surface area contributed by atoms with Gasteiger partial charge in [0.25, 0.3) is 0 Å². The molecule has 58 valence electrons.